The van der Waals surface area contributed by atoms with E-state index in [4.69, 9.17) is 0 Å². The fourth-order valence-electron chi connectivity index (χ4n) is 1.53. The van der Waals surface area contributed by atoms with E-state index in [1.165, 1.54) is 0 Å². The highest BCUT2D eigenvalue weighted by atomic mass is 32.1. The highest BCUT2D eigenvalue weighted by Gasteiger charge is 2.15. The van der Waals surface area contributed by atoms with Crippen molar-refractivity contribution in [2.75, 3.05) is 0 Å². The van der Waals surface area contributed by atoms with Crippen LogP contribution in [0.3, 0.4) is 0 Å². The Balaban J connectivity index is 2.44. The van der Waals surface area contributed by atoms with Gasteiger partial charge >= 0.3 is 0 Å². The first-order chi connectivity index (χ1) is 7.33. The average molecular weight is 234 g/mol. The molecule has 1 aromatic carbocycles. The predicted octanol–water partition coefficient (Wildman–Crippen LogP) is 3.37. The summed E-state index contributed by atoms with van der Waals surface area (Å²) >= 11 is 5.97. The Morgan fingerprint density at radius 2 is 2.07 bits per heavy atom. The molecule has 2 rings (SSSR count). The molecule has 0 N–H and O–H groups in total. The first-order valence-corrected chi connectivity index (χ1v) is 5.97. The van der Waals surface area contributed by atoms with Crippen molar-refractivity contribution in [3.8, 4) is 0 Å². The molecule has 0 aliphatic rings. The Kier molecular flexibility index (Phi) is 3.23. The summed E-state index contributed by atoms with van der Waals surface area (Å²) in [6.07, 6.45) is 0.969. The Labute approximate surface area is 98.2 Å². The van der Waals surface area contributed by atoms with E-state index >= 15 is 0 Å². The predicted molar refractivity (Wildman–Crippen MR) is 65.9 cm³/mol. The van der Waals surface area contributed by atoms with Gasteiger partial charge in [-0.2, -0.15) is 11.3 Å². The summed E-state index contributed by atoms with van der Waals surface area (Å²) in [6, 6.07) is 9.67. The molecule has 0 aliphatic carbocycles. The molecule has 1 unspecified atom stereocenters. The van der Waals surface area contributed by atoms with Crippen molar-refractivity contribution in [2.45, 2.75) is 10.8 Å². The molecule has 0 radical (unpaired) electrons. The number of thiol groups is 1. The first kappa shape index (κ1) is 10.5. The molecular formula is C12H10OS2. The van der Waals surface area contributed by atoms with Gasteiger partial charge in [0.15, 0.2) is 0 Å². The van der Waals surface area contributed by atoms with Crippen LogP contribution in [0.5, 0.6) is 0 Å². The quantitative estimate of drug-likeness (QED) is 0.636. The van der Waals surface area contributed by atoms with E-state index in [9.17, 15) is 4.79 Å². The summed E-state index contributed by atoms with van der Waals surface area (Å²) in [6.45, 7) is 0. The summed E-state index contributed by atoms with van der Waals surface area (Å²) in [5, 5.41) is 3.98. The molecule has 2 aromatic rings. The minimum absolute atomic E-state index is 0.190. The van der Waals surface area contributed by atoms with Gasteiger partial charge in [0.1, 0.15) is 6.29 Å². The molecule has 0 fully saturated rings. The smallest absolute Gasteiger partial charge is 0.131 e. The van der Waals surface area contributed by atoms with Crippen molar-refractivity contribution in [1.29, 1.82) is 0 Å². The zero-order valence-electron chi connectivity index (χ0n) is 7.96. The Morgan fingerprint density at radius 1 is 1.27 bits per heavy atom. The van der Waals surface area contributed by atoms with Crippen molar-refractivity contribution in [1.82, 2.24) is 0 Å². The fourth-order valence-corrected chi connectivity index (χ4v) is 2.53. The van der Waals surface area contributed by atoms with Crippen LogP contribution in [-0.2, 0) is 4.79 Å². The number of thiophene rings is 1. The lowest BCUT2D eigenvalue weighted by molar-refractivity contribution is -0.108. The van der Waals surface area contributed by atoms with E-state index < -0.39 is 0 Å². The molecule has 1 heterocycles. The Bertz CT molecular complexity index is 448. The number of benzene rings is 1. The van der Waals surface area contributed by atoms with Gasteiger partial charge in [0.05, 0.1) is 5.92 Å². The summed E-state index contributed by atoms with van der Waals surface area (Å²) in [7, 11) is 0. The fraction of sp³-hybridized carbons (Fsp3) is 0.0833. The lowest BCUT2D eigenvalue weighted by atomic mass is 9.95. The lowest BCUT2D eigenvalue weighted by Crippen LogP contribution is -2.01. The van der Waals surface area contributed by atoms with Crippen molar-refractivity contribution in [2.24, 2.45) is 0 Å². The van der Waals surface area contributed by atoms with Crippen LogP contribution < -0.4 is 0 Å². The van der Waals surface area contributed by atoms with Crippen LogP contribution >= 0.6 is 24.0 Å². The Morgan fingerprint density at radius 3 is 2.67 bits per heavy atom. The number of carbonyl (C=O) groups is 1. The maximum Gasteiger partial charge on any atom is 0.131 e. The third-order valence-electron chi connectivity index (χ3n) is 2.31. The molecule has 0 bridgehead atoms. The van der Waals surface area contributed by atoms with Crippen LogP contribution in [-0.4, -0.2) is 6.29 Å². The lowest BCUT2D eigenvalue weighted by Gasteiger charge is -2.11. The highest BCUT2D eigenvalue weighted by molar-refractivity contribution is 7.80. The molecule has 1 atom stereocenters. The topological polar surface area (TPSA) is 17.1 Å². The van der Waals surface area contributed by atoms with Gasteiger partial charge in [-0.1, -0.05) is 18.2 Å². The number of aldehydes is 1. The molecule has 15 heavy (non-hydrogen) atoms. The number of hydrogen-bond donors (Lipinski definition) is 1. The molecule has 76 valence electrons. The van der Waals surface area contributed by atoms with Crippen LogP contribution in [0.1, 0.15) is 17.0 Å². The number of carbonyl (C=O) groups excluding carboxylic acids is 1. The summed E-state index contributed by atoms with van der Waals surface area (Å²) in [4.78, 5) is 12.0. The van der Waals surface area contributed by atoms with Crippen LogP contribution in [0, 0.1) is 0 Å². The minimum Gasteiger partial charge on any atom is -0.302 e. The van der Waals surface area contributed by atoms with Crippen molar-refractivity contribution < 1.29 is 4.79 Å². The molecule has 0 aliphatic heterocycles. The molecule has 3 heteroatoms. The van der Waals surface area contributed by atoms with E-state index in [1.807, 2.05) is 41.1 Å². The van der Waals surface area contributed by atoms with Crippen molar-refractivity contribution in [3.05, 3.63) is 52.2 Å². The number of rotatable bonds is 3. The SMILES string of the molecule is O=CC(c1ccsc1)c1ccccc1S. The van der Waals surface area contributed by atoms with Crippen LogP contribution in [0.15, 0.2) is 46.0 Å². The summed E-state index contributed by atoms with van der Waals surface area (Å²) in [5.41, 5.74) is 2.01. The van der Waals surface area contributed by atoms with Gasteiger partial charge < -0.3 is 4.79 Å². The zero-order chi connectivity index (χ0) is 10.7. The molecule has 0 saturated carbocycles. The second-order valence-electron chi connectivity index (χ2n) is 3.23. The maximum absolute atomic E-state index is 11.1. The van der Waals surface area contributed by atoms with Crippen molar-refractivity contribution >= 4 is 30.3 Å². The van der Waals surface area contributed by atoms with Gasteiger partial charge in [-0.05, 0) is 34.0 Å². The van der Waals surface area contributed by atoms with Crippen molar-refractivity contribution in [3.63, 3.8) is 0 Å². The zero-order valence-corrected chi connectivity index (χ0v) is 9.67. The molecule has 1 aromatic heterocycles. The van der Waals surface area contributed by atoms with E-state index in [-0.39, 0.29) is 5.92 Å². The average Bonchev–Trinajstić information content (AvgIpc) is 2.75. The normalized spacial score (nSPS) is 12.3. The standard InChI is InChI=1S/C12H10OS2/c13-7-11(9-5-6-15-8-9)10-3-1-2-4-12(10)14/h1-8,11,14H. The van der Waals surface area contributed by atoms with Crippen LogP contribution in [0.2, 0.25) is 0 Å². The minimum atomic E-state index is -0.190. The molecule has 0 saturated heterocycles. The third-order valence-corrected chi connectivity index (χ3v) is 3.42. The van der Waals surface area contributed by atoms with Gasteiger partial charge in [-0.25, -0.2) is 0 Å². The maximum atomic E-state index is 11.1. The monoisotopic (exact) mass is 234 g/mol. The highest BCUT2D eigenvalue weighted by Crippen LogP contribution is 2.28. The second kappa shape index (κ2) is 4.64. The van der Waals surface area contributed by atoms with Gasteiger partial charge in [-0.3, -0.25) is 0 Å². The summed E-state index contributed by atoms with van der Waals surface area (Å²) < 4.78 is 0. The third kappa shape index (κ3) is 2.13. The van der Waals surface area contributed by atoms with Gasteiger partial charge in [-0.15, -0.1) is 12.6 Å². The molecule has 0 amide bonds. The largest absolute Gasteiger partial charge is 0.302 e. The summed E-state index contributed by atoms with van der Waals surface area (Å²) in [5.74, 6) is -0.190. The second-order valence-corrected chi connectivity index (χ2v) is 4.49. The Hall–Kier alpha value is -1.06. The van der Waals surface area contributed by atoms with E-state index in [2.05, 4.69) is 12.6 Å². The van der Waals surface area contributed by atoms with Gasteiger partial charge in [0.25, 0.3) is 0 Å². The molecular weight excluding hydrogens is 224 g/mol. The van der Waals surface area contributed by atoms with E-state index in [0.717, 1.165) is 22.3 Å². The van der Waals surface area contributed by atoms with E-state index in [0.29, 0.717) is 0 Å². The van der Waals surface area contributed by atoms with Crippen LogP contribution in [0.4, 0.5) is 0 Å². The van der Waals surface area contributed by atoms with Gasteiger partial charge in [0.2, 0.25) is 0 Å². The van der Waals surface area contributed by atoms with Gasteiger partial charge in [0, 0.05) is 4.90 Å². The van der Waals surface area contributed by atoms with Crippen LogP contribution in [0.25, 0.3) is 0 Å². The number of hydrogen-bond acceptors (Lipinski definition) is 3. The molecule has 0 spiro atoms. The first-order valence-electron chi connectivity index (χ1n) is 4.58. The van der Waals surface area contributed by atoms with E-state index in [1.54, 1.807) is 11.3 Å². The molecule has 1 nitrogen and oxygen atoms in total.